The molecule has 1 aromatic carbocycles. The molecule has 0 bridgehead atoms. The number of hydrogen-bond acceptors (Lipinski definition) is 8. The first kappa shape index (κ1) is 25.1. The number of nitrogens with one attached hydrogen (secondary N) is 2. The number of likely N-dealkylation sites (tertiary alicyclic amines) is 1. The molecule has 196 valence electrons. The first-order chi connectivity index (χ1) is 17.9. The van der Waals surface area contributed by atoms with Crippen LogP contribution in [-0.4, -0.2) is 69.7 Å². The first-order valence-electron chi connectivity index (χ1n) is 13.3. The predicted molar refractivity (Wildman–Crippen MR) is 143 cm³/mol. The van der Waals surface area contributed by atoms with Gasteiger partial charge in [-0.25, -0.2) is 0 Å². The maximum atomic E-state index is 12.1. The lowest BCUT2D eigenvalue weighted by atomic mass is 9.89. The zero-order valence-corrected chi connectivity index (χ0v) is 21.4. The third-order valence-corrected chi connectivity index (χ3v) is 7.90. The van der Waals surface area contributed by atoms with Crippen LogP contribution in [0, 0.1) is 0 Å². The lowest BCUT2D eigenvalue weighted by molar-refractivity contribution is -0.117. The Kier molecular flexibility index (Phi) is 7.36. The Morgan fingerprint density at radius 1 is 1.05 bits per heavy atom. The molecule has 10 nitrogen and oxygen atoms in total. The fourth-order valence-electron chi connectivity index (χ4n) is 5.57. The number of piperidine rings is 2. The highest BCUT2D eigenvalue weighted by Gasteiger charge is 2.33. The van der Waals surface area contributed by atoms with Gasteiger partial charge in [0.25, 0.3) is 5.91 Å². The highest BCUT2D eigenvalue weighted by atomic mass is 16.2. The molecular weight excluding hydrogens is 468 g/mol. The summed E-state index contributed by atoms with van der Waals surface area (Å²) in [6, 6.07) is 9.04. The zero-order chi connectivity index (χ0) is 25.9. The van der Waals surface area contributed by atoms with Gasteiger partial charge in [0.1, 0.15) is 0 Å². The van der Waals surface area contributed by atoms with Gasteiger partial charge in [0.05, 0.1) is 0 Å². The van der Waals surface area contributed by atoms with E-state index in [1.807, 2.05) is 24.0 Å². The van der Waals surface area contributed by atoms with Crippen molar-refractivity contribution in [3.63, 3.8) is 0 Å². The van der Waals surface area contributed by atoms with E-state index in [1.165, 1.54) is 50.4 Å². The topological polar surface area (TPSA) is 129 Å². The Labute approximate surface area is 217 Å². The second kappa shape index (κ2) is 10.8. The Bertz CT molecular complexity index is 1140. The highest BCUT2D eigenvalue weighted by Crippen LogP contribution is 2.35. The normalized spacial score (nSPS) is 22.9. The summed E-state index contributed by atoms with van der Waals surface area (Å²) in [7, 11) is 0. The third kappa shape index (κ3) is 5.74. The average Bonchev–Trinajstić information content (AvgIpc) is 3.76. The van der Waals surface area contributed by atoms with E-state index in [0.29, 0.717) is 18.4 Å². The fourth-order valence-corrected chi connectivity index (χ4v) is 5.57. The van der Waals surface area contributed by atoms with Gasteiger partial charge in [-0.2, -0.15) is 4.98 Å². The summed E-state index contributed by atoms with van der Waals surface area (Å²) in [4.78, 5) is 33.2. The van der Waals surface area contributed by atoms with Crippen LogP contribution >= 0.6 is 0 Å². The van der Waals surface area contributed by atoms with Crippen LogP contribution in [0.25, 0.3) is 0 Å². The SMILES string of the molecule is C=CC(=O)N[C@@H]1CCCN(c2nnc(C(N)=O)c(Nc3ccc(C4CCN(C5CC5)CC4)cc3)n2)[C@@H]1C. The van der Waals surface area contributed by atoms with Crippen LogP contribution < -0.4 is 21.3 Å². The third-order valence-electron chi connectivity index (χ3n) is 7.90. The van der Waals surface area contributed by atoms with Crippen LogP contribution in [0.2, 0.25) is 0 Å². The number of carbonyl (C=O) groups is 2. The number of hydrogen-bond donors (Lipinski definition) is 3. The van der Waals surface area contributed by atoms with E-state index in [0.717, 1.165) is 24.6 Å². The zero-order valence-electron chi connectivity index (χ0n) is 21.4. The molecule has 2 aliphatic heterocycles. The van der Waals surface area contributed by atoms with Crippen molar-refractivity contribution in [1.29, 1.82) is 0 Å². The summed E-state index contributed by atoms with van der Waals surface area (Å²) < 4.78 is 0. The number of nitrogens with zero attached hydrogens (tertiary/aromatic N) is 5. The van der Waals surface area contributed by atoms with Crippen molar-refractivity contribution in [2.24, 2.45) is 5.73 Å². The molecular formula is C27H36N8O2. The standard InChI is InChI=1S/C27H36N8O2/c1-3-23(36)30-22-5-4-14-35(17(22)2)27-31-26(24(25(28)37)32-33-27)29-20-8-6-18(7-9-20)19-12-15-34(16-13-19)21-10-11-21/h3,6-9,17,19,21-22H,1,4-5,10-16H2,2H3,(H2,28,37)(H,30,36)(H,29,31,33)/t17-,22-/m1/s1. The molecule has 3 aliphatic rings. The maximum absolute atomic E-state index is 12.1. The van der Waals surface area contributed by atoms with Crippen molar-refractivity contribution < 1.29 is 9.59 Å². The van der Waals surface area contributed by atoms with Gasteiger partial charge in [0.15, 0.2) is 11.5 Å². The monoisotopic (exact) mass is 504 g/mol. The molecule has 2 aromatic rings. The number of carbonyl (C=O) groups excluding carboxylic acids is 2. The molecule has 37 heavy (non-hydrogen) atoms. The first-order valence-corrected chi connectivity index (χ1v) is 13.3. The number of rotatable bonds is 8. The van der Waals surface area contributed by atoms with Gasteiger partial charge in [0, 0.05) is 30.4 Å². The molecule has 4 N–H and O–H groups in total. The van der Waals surface area contributed by atoms with Gasteiger partial charge >= 0.3 is 0 Å². The summed E-state index contributed by atoms with van der Waals surface area (Å²) in [5, 5.41) is 14.5. The van der Waals surface area contributed by atoms with E-state index in [4.69, 9.17) is 5.73 Å². The highest BCUT2D eigenvalue weighted by molar-refractivity contribution is 5.96. The van der Waals surface area contributed by atoms with Gasteiger partial charge in [-0.3, -0.25) is 9.59 Å². The van der Waals surface area contributed by atoms with E-state index in [1.54, 1.807) is 0 Å². The van der Waals surface area contributed by atoms with Crippen molar-refractivity contribution in [3.05, 3.63) is 48.2 Å². The molecule has 0 radical (unpaired) electrons. The Morgan fingerprint density at radius 3 is 2.43 bits per heavy atom. The van der Waals surface area contributed by atoms with Crippen molar-refractivity contribution >= 4 is 29.3 Å². The largest absolute Gasteiger partial charge is 0.364 e. The van der Waals surface area contributed by atoms with Crippen LogP contribution in [0.4, 0.5) is 17.5 Å². The van der Waals surface area contributed by atoms with Crippen molar-refractivity contribution in [2.75, 3.05) is 29.9 Å². The predicted octanol–water partition coefficient (Wildman–Crippen LogP) is 2.72. The maximum Gasteiger partial charge on any atom is 0.273 e. The molecule has 1 saturated carbocycles. The van der Waals surface area contributed by atoms with E-state index >= 15 is 0 Å². The van der Waals surface area contributed by atoms with Crippen molar-refractivity contribution in [2.45, 2.75) is 69.5 Å². The molecule has 3 fully saturated rings. The second-order valence-corrected chi connectivity index (χ2v) is 10.4. The molecule has 2 saturated heterocycles. The smallest absolute Gasteiger partial charge is 0.273 e. The van der Waals surface area contributed by atoms with Crippen LogP contribution in [0.5, 0.6) is 0 Å². The van der Waals surface area contributed by atoms with Crippen LogP contribution in [0.1, 0.15) is 67.4 Å². The number of anilines is 3. The van der Waals surface area contributed by atoms with Crippen molar-refractivity contribution in [3.8, 4) is 0 Å². The van der Waals surface area contributed by atoms with E-state index < -0.39 is 5.91 Å². The number of benzene rings is 1. The summed E-state index contributed by atoms with van der Waals surface area (Å²) in [5.74, 6) is 0.327. The Morgan fingerprint density at radius 2 is 1.78 bits per heavy atom. The summed E-state index contributed by atoms with van der Waals surface area (Å²) in [6.07, 6.45) is 8.09. The van der Waals surface area contributed by atoms with Crippen LogP contribution in [0.3, 0.4) is 0 Å². The average molecular weight is 505 g/mol. The van der Waals surface area contributed by atoms with Crippen LogP contribution in [-0.2, 0) is 4.79 Å². The number of nitrogens with two attached hydrogens (primary N) is 1. The number of aromatic nitrogens is 3. The summed E-state index contributed by atoms with van der Waals surface area (Å²) >= 11 is 0. The molecule has 5 rings (SSSR count). The molecule has 1 aromatic heterocycles. The number of primary amides is 1. The van der Waals surface area contributed by atoms with Gasteiger partial charge < -0.3 is 26.2 Å². The summed E-state index contributed by atoms with van der Waals surface area (Å²) in [6.45, 7) is 8.62. The molecule has 10 heteroatoms. The second-order valence-electron chi connectivity index (χ2n) is 10.4. The minimum Gasteiger partial charge on any atom is -0.364 e. The lowest BCUT2D eigenvalue weighted by Crippen LogP contribution is -2.54. The quantitative estimate of drug-likeness (QED) is 0.468. The van der Waals surface area contributed by atoms with Gasteiger partial charge in [-0.1, -0.05) is 18.7 Å². The molecule has 2 amide bonds. The molecule has 1 aliphatic carbocycles. The van der Waals surface area contributed by atoms with Gasteiger partial charge in [0.2, 0.25) is 11.9 Å². The minimum absolute atomic E-state index is 0.0125. The lowest BCUT2D eigenvalue weighted by Gasteiger charge is -2.39. The molecule has 0 spiro atoms. The molecule has 3 heterocycles. The minimum atomic E-state index is -0.698. The van der Waals surface area contributed by atoms with E-state index in [9.17, 15) is 9.59 Å². The number of amides is 2. The summed E-state index contributed by atoms with van der Waals surface area (Å²) in [5.41, 5.74) is 7.71. The molecule has 2 atom stereocenters. The van der Waals surface area contributed by atoms with Gasteiger partial charge in [-0.05, 0) is 88.2 Å². The Balaban J connectivity index is 1.30. The Hall–Kier alpha value is -3.53. The van der Waals surface area contributed by atoms with Crippen LogP contribution in [0.15, 0.2) is 36.9 Å². The van der Waals surface area contributed by atoms with E-state index in [2.05, 4.69) is 49.4 Å². The van der Waals surface area contributed by atoms with E-state index in [-0.39, 0.29) is 29.5 Å². The fraction of sp³-hybridized carbons (Fsp3) is 0.519. The van der Waals surface area contributed by atoms with Gasteiger partial charge in [-0.15, -0.1) is 10.2 Å². The molecule has 0 unspecified atom stereocenters. The van der Waals surface area contributed by atoms with Crippen molar-refractivity contribution in [1.82, 2.24) is 25.4 Å².